The van der Waals surface area contributed by atoms with Gasteiger partial charge in [0.1, 0.15) is 0 Å². The van der Waals surface area contributed by atoms with E-state index in [1.54, 1.807) is 20.3 Å². The summed E-state index contributed by atoms with van der Waals surface area (Å²) >= 11 is 0. The lowest BCUT2D eigenvalue weighted by atomic mass is 9.90. The van der Waals surface area contributed by atoms with Crippen LogP contribution in [0.1, 0.15) is 50.3 Å². The molecule has 32 heavy (non-hydrogen) atoms. The molecule has 170 valence electrons. The molecule has 3 heterocycles. The first-order chi connectivity index (χ1) is 15.5. The van der Waals surface area contributed by atoms with E-state index in [0.717, 1.165) is 60.7 Å². The minimum absolute atomic E-state index is 0.0780. The fourth-order valence-corrected chi connectivity index (χ4v) is 5.18. The first-order valence-electron chi connectivity index (χ1n) is 11.3. The summed E-state index contributed by atoms with van der Waals surface area (Å²) in [6, 6.07) is 12.1. The number of phenols is 1. The highest BCUT2D eigenvalue weighted by Gasteiger charge is 2.52. The lowest BCUT2D eigenvalue weighted by molar-refractivity contribution is -0.153. The van der Waals surface area contributed by atoms with Crippen molar-refractivity contribution in [2.75, 3.05) is 27.3 Å². The third-order valence-corrected chi connectivity index (χ3v) is 7.03. The topological polar surface area (TPSA) is 66.8 Å². The van der Waals surface area contributed by atoms with Crippen LogP contribution in [0.25, 0.3) is 0 Å². The summed E-state index contributed by atoms with van der Waals surface area (Å²) in [5.74, 6) is 2.19. The quantitative estimate of drug-likeness (QED) is 0.775. The van der Waals surface area contributed by atoms with Crippen LogP contribution in [0.5, 0.6) is 23.0 Å². The molecule has 0 radical (unpaired) electrons. The van der Waals surface area contributed by atoms with Gasteiger partial charge in [-0.25, -0.2) is 5.01 Å². The lowest BCUT2D eigenvalue weighted by Gasteiger charge is -2.51. The van der Waals surface area contributed by atoms with Crippen molar-refractivity contribution in [2.24, 2.45) is 5.10 Å². The van der Waals surface area contributed by atoms with Crippen LogP contribution in [0, 0.1) is 0 Å². The van der Waals surface area contributed by atoms with E-state index < -0.39 is 5.72 Å². The molecule has 1 spiro atoms. The number of hydrazone groups is 1. The fourth-order valence-electron chi connectivity index (χ4n) is 5.18. The number of rotatable bonds is 4. The molecule has 2 aromatic carbocycles. The largest absolute Gasteiger partial charge is 0.504 e. The number of piperidine rings is 1. The predicted octanol–water partition coefficient (Wildman–Crippen LogP) is 4.15. The smallest absolute Gasteiger partial charge is 0.200 e. The van der Waals surface area contributed by atoms with E-state index >= 15 is 0 Å². The molecule has 3 aliphatic heterocycles. The number of benzene rings is 2. The van der Waals surface area contributed by atoms with Gasteiger partial charge in [0.05, 0.1) is 26.0 Å². The number of aromatic hydroxyl groups is 1. The van der Waals surface area contributed by atoms with Gasteiger partial charge in [0.15, 0.2) is 23.0 Å². The van der Waals surface area contributed by atoms with E-state index in [1.807, 2.05) is 24.3 Å². The summed E-state index contributed by atoms with van der Waals surface area (Å²) in [5.41, 5.74) is 2.53. The van der Waals surface area contributed by atoms with Crippen LogP contribution in [0.3, 0.4) is 0 Å². The summed E-state index contributed by atoms with van der Waals surface area (Å²) < 4.78 is 17.8. The number of nitrogens with zero attached hydrogens (tertiary/aromatic N) is 3. The Bertz CT molecular complexity index is 1040. The van der Waals surface area contributed by atoms with Gasteiger partial charge >= 0.3 is 0 Å². The zero-order chi connectivity index (χ0) is 22.5. The summed E-state index contributed by atoms with van der Waals surface area (Å²) in [5, 5.41) is 17.3. The highest BCUT2D eigenvalue weighted by molar-refractivity contribution is 6.02. The SMILES string of the molecule is COc1cc(C2=NN3[C@@H](C2)c2cccc(OC)c2OC32CCN(C(C)C)CC2)ccc1O. The zero-order valence-corrected chi connectivity index (χ0v) is 19.2. The molecule has 2 aromatic rings. The molecule has 7 nitrogen and oxygen atoms in total. The fraction of sp³-hybridized carbons (Fsp3) is 0.480. The van der Waals surface area contributed by atoms with Crippen molar-refractivity contribution in [1.29, 1.82) is 0 Å². The van der Waals surface area contributed by atoms with Crippen molar-refractivity contribution >= 4 is 5.71 Å². The Morgan fingerprint density at radius 2 is 1.84 bits per heavy atom. The van der Waals surface area contributed by atoms with Crippen molar-refractivity contribution in [1.82, 2.24) is 9.91 Å². The Morgan fingerprint density at radius 1 is 1.09 bits per heavy atom. The molecule has 1 fully saturated rings. The number of phenolic OH excluding ortho intramolecular Hbond substituents is 1. The number of ether oxygens (including phenoxy) is 3. The summed E-state index contributed by atoms with van der Waals surface area (Å²) in [6.07, 6.45) is 2.50. The second kappa shape index (κ2) is 7.89. The maximum absolute atomic E-state index is 10.0. The van der Waals surface area contributed by atoms with Crippen LogP contribution in [0.15, 0.2) is 41.5 Å². The first-order valence-corrected chi connectivity index (χ1v) is 11.3. The average Bonchev–Trinajstić information content (AvgIpc) is 3.26. The highest BCUT2D eigenvalue weighted by Crippen LogP contribution is 2.53. The van der Waals surface area contributed by atoms with Gasteiger partial charge in [-0.15, -0.1) is 0 Å². The Balaban J connectivity index is 1.56. The van der Waals surface area contributed by atoms with Crippen molar-refractivity contribution in [3.8, 4) is 23.0 Å². The molecule has 3 aliphatic rings. The van der Waals surface area contributed by atoms with Crippen LogP contribution < -0.4 is 14.2 Å². The molecule has 0 unspecified atom stereocenters. The van der Waals surface area contributed by atoms with Crippen LogP contribution in [-0.4, -0.2) is 59.8 Å². The van der Waals surface area contributed by atoms with Crippen LogP contribution in [-0.2, 0) is 0 Å². The maximum Gasteiger partial charge on any atom is 0.200 e. The highest BCUT2D eigenvalue weighted by atomic mass is 16.5. The third-order valence-electron chi connectivity index (χ3n) is 7.03. The average molecular weight is 438 g/mol. The Kier molecular flexibility index (Phi) is 5.16. The zero-order valence-electron chi connectivity index (χ0n) is 19.2. The predicted molar refractivity (Wildman–Crippen MR) is 123 cm³/mol. The molecule has 0 bridgehead atoms. The second-order valence-electron chi connectivity index (χ2n) is 9.05. The Hall–Kier alpha value is -2.93. The van der Waals surface area contributed by atoms with Gasteiger partial charge in [0.25, 0.3) is 0 Å². The molecule has 1 N–H and O–H groups in total. The first kappa shape index (κ1) is 20.9. The summed E-state index contributed by atoms with van der Waals surface area (Å²) in [4.78, 5) is 2.49. The molecule has 7 heteroatoms. The number of fused-ring (bicyclic) bond motifs is 4. The van der Waals surface area contributed by atoms with Gasteiger partial charge in [-0.3, -0.25) is 0 Å². The standard InChI is InChI=1S/C25H31N3O4/c1-16(2)27-12-10-25(11-13-27)28-20(18-6-5-7-22(30-3)24(18)32-25)15-19(26-28)17-8-9-21(29)23(14-17)31-4/h5-9,14,16,20,29H,10-13,15H2,1-4H3/t20-/m0/s1. The van der Waals surface area contributed by atoms with E-state index in [2.05, 4.69) is 29.8 Å². The molecule has 1 saturated heterocycles. The van der Waals surface area contributed by atoms with Crippen molar-refractivity contribution in [3.05, 3.63) is 47.5 Å². The van der Waals surface area contributed by atoms with Gasteiger partial charge in [0.2, 0.25) is 5.72 Å². The van der Waals surface area contributed by atoms with Crippen molar-refractivity contribution < 1.29 is 19.3 Å². The lowest BCUT2D eigenvalue weighted by Crippen LogP contribution is -2.59. The molecule has 0 aromatic heterocycles. The van der Waals surface area contributed by atoms with Gasteiger partial charge in [-0.2, -0.15) is 5.10 Å². The van der Waals surface area contributed by atoms with Gasteiger partial charge < -0.3 is 24.2 Å². The third kappa shape index (κ3) is 3.26. The number of methoxy groups -OCH3 is 2. The molecule has 5 rings (SSSR count). The van der Waals surface area contributed by atoms with E-state index in [-0.39, 0.29) is 11.8 Å². The Morgan fingerprint density at radius 3 is 2.53 bits per heavy atom. The minimum atomic E-state index is -0.500. The van der Waals surface area contributed by atoms with E-state index in [4.69, 9.17) is 19.3 Å². The molecule has 0 amide bonds. The van der Waals surface area contributed by atoms with E-state index in [1.165, 1.54) is 0 Å². The number of hydrogen-bond acceptors (Lipinski definition) is 7. The van der Waals surface area contributed by atoms with Gasteiger partial charge in [-0.1, -0.05) is 12.1 Å². The normalized spacial score (nSPS) is 21.7. The number of para-hydroxylation sites is 1. The second-order valence-corrected chi connectivity index (χ2v) is 9.05. The van der Waals surface area contributed by atoms with Crippen LogP contribution >= 0.6 is 0 Å². The molecular weight excluding hydrogens is 406 g/mol. The summed E-state index contributed by atoms with van der Waals surface area (Å²) in [6.45, 7) is 6.41. The monoisotopic (exact) mass is 437 g/mol. The van der Waals surface area contributed by atoms with Crippen molar-refractivity contribution in [2.45, 2.75) is 50.9 Å². The molecular formula is C25H31N3O4. The number of likely N-dealkylation sites (tertiary alicyclic amines) is 1. The van der Waals surface area contributed by atoms with Crippen molar-refractivity contribution in [3.63, 3.8) is 0 Å². The van der Waals surface area contributed by atoms with E-state index in [0.29, 0.717) is 11.8 Å². The van der Waals surface area contributed by atoms with Crippen LogP contribution in [0.4, 0.5) is 0 Å². The maximum atomic E-state index is 10.0. The minimum Gasteiger partial charge on any atom is -0.504 e. The van der Waals surface area contributed by atoms with E-state index in [9.17, 15) is 5.11 Å². The van der Waals surface area contributed by atoms with Crippen LogP contribution in [0.2, 0.25) is 0 Å². The molecule has 0 aliphatic carbocycles. The molecule has 1 atom stereocenters. The Labute approximate surface area is 189 Å². The number of hydrogen-bond donors (Lipinski definition) is 1. The molecule has 0 saturated carbocycles. The van der Waals surface area contributed by atoms with Gasteiger partial charge in [-0.05, 0) is 38.1 Å². The van der Waals surface area contributed by atoms with Gasteiger partial charge in [0, 0.05) is 49.5 Å². The summed E-state index contributed by atoms with van der Waals surface area (Å²) in [7, 11) is 3.26.